The second-order valence-corrected chi connectivity index (χ2v) is 4.64. The van der Waals surface area contributed by atoms with Gasteiger partial charge in [0.2, 0.25) is 5.91 Å². The molecule has 0 saturated heterocycles. The van der Waals surface area contributed by atoms with Crippen LogP contribution in [0.25, 0.3) is 0 Å². The van der Waals surface area contributed by atoms with Crippen molar-refractivity contribution in [2.24, 2.45) is 5.73 Å². The van der Waals surface area contributed by atoms with E-state index in [1.54, 1.807) is 0 Å². The van der Waals surface area contributed by atoms with Crippen LogP contribution in [0.1, 0.15) is 40.0 Å². The summed E-state index contributed by atoms with van der Waals surface area (Å²) in [5.41, 5.74) is 5.65. The van der Waals surface area contributed by atoms with E-state index < -0.39 is 0 Å². The predicted octanol–water partition coefficient (Wildman–Crippen LogP) is -0.0210. The monoisotopic (exact) mass is 245 g/mol. The summed E-state index contributed by atoms with van der Waals surface area (Å²) >= 11 is 0. The molecule has 102 valence electrons. The number of hydrogen-bond acceptors (Lipinski definition) is 4. The number of nitrogens with two attached hydrogens (primary N) is 1. The quantitative estimate of drug-likeness (QED) is 0.460. The number of amides is 1. The largest absolute Gasteiger partial charge is 0.396 e. The van der Waals surface area contributed by atoms with Crippen LogP contribution >= 0.6 is 0 Å². The Hall–Kier alpha value is -0.650. The SMILES string of the molecule is CCC(CCO)NC(CN)CC(=O)NC(C)C. The number of aliphatic hydroxyl groups is 1. The van der Waals surface area contributed by atoms with Gasteiger partial charge in [-0.2, -0.15) is 0 Å². The van der Waals surface area contributed by atoms with E-state index in [4.69, 9.17) is 10.8 Å². The van der Waals surface area contributed by atoms with Crippen molar-refractivity contribution in [3.63, 3.8) is 0 Å². The van der Waals surface area contributed by atoms with Gasteiger partial charge < -0.3 is 21.5 Å². The molecule has 0 aromatic heterocycles. The fourth-order valence-corrected chi connectivity index (χ4v) is 1.71. The summed E-state index contributed by atoms with van der Waals surface area (Å²) in [4.78, 5) is 11.6. The van der Waals surface area contributed by atoms with Gasteiger partial charge >= 0.3 is 0 Å². The Balaban J connectivity index is 4.09. The lowest BCUT2D eigenvalue weighted by Crippen LogP contribution is -2.46. The van der Waals surface area contributed by atoms with E-state index in [9.17, 15) is 4.79 Å². The van der Waals surface area contributed by atoms with Gasteiger partial charge in [-0.1, -0.05) is 6.92 Å². The third-order valence-electron chi connectivity index (χ3n) is 2.61. The molecular weight excluding hydrogens is 218 g/mol. The second-order valence-electron chi connectivity index (χ2n) is 4.64. The molecule has 0 heterocycles. The molecule has 5 nitrogen and oxygen atoms in total. The van der Waals surface area contributed by atoms with Crippen LogP contribution in [-0.4, -0.2) is 42.3 Å². The Kier molecular flexibility index (Phi) is 9.03. The fourth-order valence-electron chi connectivity index (χ4n) is 1.71. The minimum atomic E-state index is -0.0229. The molecule has 0 bridgehead atoms. The van der Waals surface area contributed by atoms with Crippen LogP contribution in [0.4, 0.5) is 0 Å². The summed E-state index contributed by atoms with van der Waals surface area (Å²) in [6, 6.07) is 0.353. The Morgan fingerprint density at radius 3 is 2.41 bits per heavy atom. The highest BCUT2D eigenvalue weighted by Crippen LogP contribution is 2.01. The molecule has 2 atom stereocenters. The average Bonchev–Trinajstić information content (AvgIpc) is 2.26. The molecule has 0 saturated carbocycles. The van der Waals surface area contributed by atoms with Crippen LogP contribution < -0.4 is 16.4 Å². The van der Waals surface area contributed by atoms with Crippen LogP contribution in [0.2, 0.25) is 0 Å². The molecule has 0 radical (unpaired) electrons. The first-order valence-corrected chi connectivity index (χ1v) is 6.39. The summed E-state index contributed by atoms with van der Waals surface area (Å²) in [6.07, 6.45) is 2.00. The Bertz CT molecular complexity index is 210. The van der Waals surface area contributed by atoms with E-state index in [2.05, 4.69) is 17.6 Å². The average molecular weight is 245 g/mol. The van der Waals surface area contributed by atoms with Gasteiger partial charge in [-0.3, -0.25) is 4.79 Å². The first kappa shape index (κ1) is 16.4. The maximum absolute atomic E-state index is 11.6. The van der Waals surface area contributed by atoms with Gasteiger partial charge in [0.25, 0.3) is 0 Å². The van der Waals surface area contributed by atoms with Gasteiger partial charge in [-0.05, 0) is 26.7 Å². The molecule has 1 amide bonds. The maximum atomic E-state index is 11.6. The Morgan fingerprint density at radius 1 is 1.35 bits per heavy atom. The van der Waals surface area contributed by atoms with Gasteiger partial charge in [0, 0.05) is 37.7 Å². The van der Waals surface area contributed by atoms with Crippen molar-refractivity contribution in [3.05, 3.63) is 0 Å². The zero-order chi connectivity index (χ0) is 13.3. The zero-order valence-electron chi connectivity index (χ0n) is 11.2. The Morgan fingerprint density at radius 2 is 2.00 bits per heavy atom. The lowest BCUT2D eigenvalue weighted by molar-refractivity contribution is -0.122. The molecule has 0 aliphatic heterocycles. The van der Waals surface area contributed by atoms with Crippen molar-refractivity contribution in [3.8, 4) is 0 Å². The molecule has 0 aromatic rings. The molecule has 5 heteroatoms. The van der Waals surface area contributed by atoms with Crippen molar-refractivity contribution in [2.75, 3.05) is 13.2 Å². The third-order valence-corrected chi connectivity index (χ3v) is 2.61. The number of carbonyl (C=O) groups is 1. The van der Waals surface area contributed by atoms with Crippen LogP contribution in [0, 0.1) is 0 Å². The van der Waals surface area contributed by atoms with E-state index >= 15 is 0 Å². The van der Waals surface area contributed by atoms with E-state index in [0.717, 1.165) is 6.42 Å². The lowest BCUT2D eigenvalue weighted by atomic mass is 10.1. The number of aliphatic hydroxyl groups excluding tert-OH is 1. The fraction of sp³-hybridized carbons (Fsp3) is 0.917. The van der Waals surface area contributed by atoms with Crippen LogP contribution in [0.5, 0.6) is 0 Å². The van der Waals surface area contributed by atoms with Crippen molar-refractivity contribution in [2.45, 2.75) is 58.2 Å². The molecule has 0 spiro atoms. The van der Waals surface area contributed by atoms with Crippen LogP contribution in [0.15, 0.2) is 0 Å². The molecular formula is C12H27N3O2. The summed E-state index contributed by atoms with van der Waals surface area (Å²) < 4.78 is 0. The van der Waals surface area contributed by atoms with Crippen molar-refractivity contribution < 1.29 is 9.90 Å². The summed E-state index contributed by atoms with van der Waals surface area (Å²) in [5, 5.41) is 15.1. The van der Waals surface area contributed by atoms with E-state index in [-0.39, 0.29) is 30.6 Å². The van der Waals surface area contributed by atoms with Gasteiger partial charge in [0.05, 0.1) is 0 Å². The van der Waals surface area contributed by atoms with E-state index in [1.165, 1.54) is 0 Å². The molecule has 0 aliphatic rings. The molecule has 0 aliphatic carbocycles. The smallest absolute Gasteiger partial charge is 0.221 e. The van der Waals surface area contributed by atoms with Gasteiger partial charge in [0.15, 0.2) is 0 Å². The zero-order valence-corrected chi connectivity index (χ0v) is 11.2. The molecule has 0 fully saturated rings. The van der Waals surface area contributed by atoms with Crippen molar-refractivity contribution >= 4 is 5.91 Å². The van der Waals surface area contributed by atoms with Crippen LogP contribution in [-0.2, 0) is 4.79 Å². The van der Waals surface area contributed by atoms with Gasteiger partial charge in [-0.25, -0.2) is 0 Å². The number of carbonyl (C=O) groups excluding carboxylic acids is 1. The molecule has 0 aromatic carbocycles. The normalized spacial score (nSPS) is 14.7. The number of rotatable bonds is 9. The van der Waals surface area contributed by atoms with E-state index in [1.807, 2.05) is 13.8 Å². The summed E-state index contributed by atoms with van der Waals surface area (Å²) in [6.45, 7) is 6.50. The van der Waals surface area contributed by atoms with Gasteiger partial charge in [0.1, 0.15) is 0 Å². The highest BCUT2D eigenvalue weighted by atomic mass is 16.3. The molecule has 17 heavy (non-hydrogen) atoms. The molecule has 2 unspecified atom stereocenters. The second kappa shape index (κ2) is 9.39. The predicted molar refractivity (Wildman–Crippen MR) is 69.7 cm³/mol. The Labute approximate surface area is 104 Å². The number of hydrogen-bond donors (Lipinski definition) is 4. The van der Waals surface area contributed by atoms with E-state index in [0.29, 0.717) is 19.4 Å². The minimum Gasteiger partial charge on any atom is -0.396 e. The summed E-state index contributed by atoms with van der Waals surface area (Å²) in [7, 11) is 0. The number of nitrogens with one attached hydrogen (secondary N) is 2. The van der Waals surface area contributed by atoms with Crippen molar-refractivity contribution in [1.29, 1.82) is 0 Å². The minimum absolute atomic E-state index is 0.0156. The first-order chi connectivity index (χ1) is 8.03. The van der Waals surface area contributed by atoms with Crippen molar-refractivity contribution in [1.82, 2.24) is 10.6 Å². The topological polar surface area (TPSA) is 87.4 Å². The highest BCUT2D eigenvalue weighted by molar-refractivity contribution is 5.76. The maximum Gasteiger partial charge on any atom is 0.221 e. The lowest BCUT2D eigenvalue weighted by Gasteiger charge is -2.23. The van der Waals surface area contributed by atoms with Gasteiger partial charge in [-0.15, -0.1) is 0 Å². The molecule has 5 N–H and O–H groups in total. The third kappa shape index (κ3) is 8.12. The van der Waals surface area contributed by atoms with Crippen LogP contribution in [0.3, 0.4) is 0 Å². The highest BCUT2D eigenvalue weighted by Gasteiger charge is 2.16. The molecule has 0 rings (SSSR count). The first-order valence-electron chi connectivity index (χ1n) is 6.39. The summed E-state index contributed by atoms with van der Waals surface area (Å²) in [5.74, 6) is 0.0156. The standard InChI is InChI=1S/C12H27N3O2/c1-4-10(5-6-16)15-11(8-13)7-12(17)14-9(2)3/h9-11,15-16H,4-8,13H2,1-3H3,(H,14,17).